The minimum absolute atomic E-state index is 0.232. The van der Waals surface area contributed by atoms with Crippen molar-refractivity contribution in [3.8, 4) is 16.8 Å². The Kier molecular flexibility index (Phi) is 5.65. The molecule has 0 radical (unpaired) electrons. The molecule has 34 heavy (non-hydrogen) atoms. The van der Waals surface area contributed by atoms with Crippen LogP contribution in [0.3, 0.4) is 0 Å². The van der Waals surface area contributed by atoms with E-state index < -0.39 is 5.97 Å². The Hall–Kier alpha value is -3.93. The van der Waals surface area contributed by atoms with E-state index in [-0.39, 0.29) is 11.4 Å². The second-order valence-corrected chi connectivity index (χ2v) is 8.93. The molecule has 3 aromatic carbocycles. The second kappa shape index (κ2) is 8.78. The van der Waals surface area contributed by atoms with Crippen molar-refractivity contribution in [2.45, 2.75) is 38.0 Å². The highest BCUT2D eigenvalue weighted by atomic mass is 19.1. The summed E-state index contributed by atoms with van der Waals surface area (Å²) in [6.45, 7) is 0. The zero-order valence-electron chi connectivity index (χ0n) is 18.7. The number of nitrogens with one attached hydrogen (secondary N) is 1. The molecule has 4 N–H and O–H groups in total. The van der Waals surface area contributed by atoms with Crippen LogP contribution in [0, 0.1) is 11.2 Å². The highest BCUT2D eigenvalue weighted by molar-refractivity contribution is 6.04. The third-order valence-electron chi connectivity index (χ3n) is 6.86. The van der Waals surface area contributed by atoms with Gasteiger partial charge in [-0.15, -0.1) is 0 Å². The number of halogens is 1. The molecule has 1 fully saturated rings. The molecule has 0 amide bonds. The average Bonchev–Trinajstić information content (AvgIpc) is 3.18. The molecular weight excluding hydrogens is 429 g/mol. The van der Waals surface area contributed by atoms with Crippen molar-refractivity contribution in [1.82, 2.24) is 4.57 Å². The second-order valence-electron chi connectivity index (χ2n) is 8.93. The van der Waals surface area contributed by atoms with Gasteiger partial charge in [0, 0.05) is 45.7 Å². The molecule has 4 aromatic rings. The Bertz CT molecular complexity index is 1380. The number of carboxylic acid groups (broad SMARTS) is 1. The summed E-state index contributed by atoms with van der Waals surface area (Å²) >= 11 is 0. The maximum atomic E-state index is 13.8. The molecule has 6 heteroatoms. The molecule has 0 aliphatic heterocycles. The van der Waals surface area contributed by atoms with Crippen LogP contribution in [0.4, 0.5) is 10.1 Å². The first-order valence-corrected chi connectivity index (χ1v) is 11.6. The topological polar surface area (TPSA) is 92.1 Å². The Balaban J connectivity index is 1.88. The third kappa shape index (κ3) is 3.75. The molecule has 172 valence electrons. The number of anilines is 1. The standard InChI is InChI=1S/C28H26FN3O2/c29-21-10-12-22(13-11-21)32-25-14-20(16-30)24(31)15-23(25)26(27(32)18-4-2-1-3-5-18)17-6-8-19(9-7-17)28(33)34/h6-16,18,30H,1-5,31H2,(H,33,34). The summed E-state index contributed by atoms with van der Waals surface area (Å²) in [4.78, 5) is 11.4. The molecule has 1 aromatic heterocycles. The summed E-state index contributed by atoms with van der Waals surface area (Å²) < 4.78 is 16.0. The molecule has 0 atom stereocenters. The monoisotopic (exact) mass is 455 g/mol. The van der Waals surface area contributed by atoms with Crippen LogP contribution in [-0.2, 0) is 0 Å². The predicted molar refractivity (Wildman–Crippen MR) is 134 cm³/mol. The highest BCUT2D eigenvalue weighted by Crippen LogP contribution is 2.46. The number of carboxylic acids is 1. The van der Waals surface area contributed by atoms with Crippen LogP contribution in [0.5, 0.6) is 0 Å². The number of hydrogen-bond donors (Lipinski definition) is 3. The van der Waals surface area contributed by atoms with Gasteiger partial charge in [-0.3, -0.25) is 0 Å². The highest BCUT2D eigenvalue weighted by Gasteiger charge is 2.28. The molecule has 1 aliphatic carbocycles. The molecular formula is C28H26FN3O2. The van der Waals surface area contributed by atoms with Crippen molar-refractivity contribution in [3.63, 3.8) is 0 Å². The van der Waals surface area contributed by atoms with Gasteiger partial charge >= 0.3 is 5.97 Å². The van der Waals surface area contributed by atoms with Gasteiger partial charge in [0.25, 0.3) is 0 Å². The van der Waals surface area contributed by atoms with Crippen LogP contribution >= 0.6 is 0 Å². The van der Waals surface area contributed by atoms with E-state index in [9.17, 15) is 14.3 Å². The first-order valence-electron chi connectivity index (χ1n) is 11.6. The van der Waals surface area contributed by atoms with Crippen molar-refractivity contribution >= 4 is 28.8 Å². The van der Waals surface area contributed by atoms with Gasteiger partial charge in [-0.2, -0.15) is 0 Å². The van der Waals surface area contributed by atoms with Crippen LogP contribution < -0.4 is 5.73 Å². The van der Waals surface area contributed by atoms with E-state index >= 15 is 0 Å². The van der Waals surface area contributed by atoms with E-state index in [0.29, 0.717) is 17.2 Å². The minimum Gasteiger partial charge on any atom is -0.478 e. The summed E-state index contributed by atoms with van der Waals surface area (Å²) in [6, 6.07) is 17.2. The van der Waals surface area contributed by atoms with E-state index in [1.165, 1.54) is 24.8 Å². The summed E-state index contributed by atoms with van der Waals surface area (Å²) in [5.74, 6) is -0.967. The van der Waals surface area contributed by atoms with Crippen LogP contribution in [0.1, 0.15) is 59.6 Å². The van der Waals surface area contributed by atoms with Crippen LogP contribution in [0.15, 0.2) is 60.7 Å². The summed E-state index contributed by atoms with van der Waals surface area (Å²) in [6.07, 6.45) is 6.83. The van der Waals surface area contributed by atoms with Gasteiger partial charge in [0.2, 0.25) is 0 Å². The van der Waals surface area contributed by atoms with Gasteiger partial charge in [-0.25, -0.2) is 9.18 Å². The van der Waals surface area contributed by atoms with Crippen molar-refractivity contribution in [1.29, 1.82) is 5.41 Å². The van der Waals surface area contributed by atoms with Crippen LogP contribution in [0.2, 0.25) is 0 Å². The number of nitrogens with two attached hydrogens (primary N) is 1. The van der Waals surface area contributed by atoms with Crippen LogP contribution in [0.25, 0.3) is 27.7 Å². The minimum atomic E-state index is -0.965. The van der Waals surface area contributed by atoms with E-state index in [1.54, 1.807) is 24.3 Å². The molecule has 1 saturated carbocycles. The number of benzene rings is 3. The summed E-state index contributed by atoms with van der Waals surface area (Å²) in [5.41, 5.74) is 12.5. The molecule has 5 nitrogen and oxygen atoms in total. The van der Waals surface area contributed by atoms with Gasteiger partial charge in [0.05, 0.1) is 11.1 Å². The Morgan fingerprint density at radius 2 is 1.71 bits per heavy atom. The number of carbonyl (C=O) groups is 1. The molecule has 0 unspecified atom stereocenters. The van der Waals surface area contributed by atoms with Gasteiger partial charge in [-0.1, -0.05) is 31.4 Å². The Labute approximate surface area is 197 Å². The predicted octanol–water partition coefficient (Wildman–Crippen LogP) is 6.76. The smallest absolute Gasteiger partial charge is 0.335 e. The third-order valence-corrected chi connectivity index (χ3v) is 6.86. The van der Waals surface area contributed by atoms with Crippen molar-refractivity contribution < 1.29 is 14.3 Å². The number of fused-ring (bicyclic) bond motifs is 1. The average molecular weight is 456 g/mol. The summed E-state index contributed by atoms with van der Waals surface area (Å²) in [7, 11) is 0. The fraction of sp³-hybridized carbons (Fsp3) is 0.214. The molecule has 5 rings (SSSR count). The SMILES string of the molecule is N=Cc1cc2c(cc1N)c(-c1ccc(C(=O)O)cc1)c(C1CCCCC1)n2-c1ccc(F)cc1. The lowest BCUT2D eigenvalue weighted by molar-refractivity contribution is 0.0697. The van der Waals surface area contributed by atoms with Gasteiger partial charge in [-0.05, 0) is 66.9 Å². The van der Waals surface area contributed by atoms with E-state index in [2.05, 4.69) is 4.57 Å². The Morgan fingerprint density at radius 3 is 2.32 bits per heavy atom. The molecule has 0 bridgehead atoms. The Morgan fingerprint density at radius 1 is 1.03 bits per heavy atom. The largest absolute Gasteiger partial charge is 0.478 e. The number of aromatic nitrogens is 1. The van der Waals surface area contributed by atoms with Crippen molar-refractivity contribution in [3.05, 3.63) is 83.3 Å². The van der Waals surface area contributed by atoms with Gasteiger partial charge in [0.15, 0.2) is 0 Å². The fourth-order valence-corrected chi connectivity index (χ4v) is 5.22. The van der Waals surface area contributed by atoms with Crippen molar-refractivity contribution in [2.75, 3.05) is 5.73 Å². The normalized spacial score (nSPS) is 14.4. The van der Waals surface area contributed by atoms with E-state index in [1.807, 2.05) is 24.3 Å². The van der Waals surface area contributed by atoms with Crippen molar-refractivity contribution in [2.24, 2.45) is 0 Å². The molecule has 1 heterocycles. The lowest BCUT2D eigenvalue weighted by Crippen LogP contribution is -2.11. The number of nitrogen functional groups attached to an aromatic ring is 1. The quantitative estimate of drug-likeness (QED) is 0.229. The van der Waals surface area contributed by atoms with Gasteiger partial charge < -0.3 is 20.8 Å². The first-order chi connectivity index (χ1) is 16.5. The van der Waals surface area contributed by atoms with Crippen LogP contribution in [-0.4, -0.2) is 21.9 Å². The number of nitrogens with zero attached hydrogens (tertiary/aromatic N) is 1. The lowest BCUT2D eigenvalue weighted by atomic mass is 9.83. The number of aromatic carboxylic acids is 1. The van der Waals surface area contributed by atoms with E-state index in [4.69, 9.17) is 11.1 Å². The number of rotatable bonds is 5. The molecule has 1 aliphatic rings. The molecule has 0 spiro atoms. The zero-order valence-corrected chi connectivity index (χ0v) is 18.7. The maximum Gasteiger partial charge on any atom is 0.335 e. The maximum absolute atomic E-state index is 13.8. The zero-order chi connectivity index (χ0) is 23.8. The summed E-state index contributed by atoms with van der Waals surface area (Å²) in [5, 5.41) is 18.1. The number of hydrogen-bond acceptors (Lipinski definition) is 3. The lowest BCUT2D eigenvalue weighted by Gasteiger charge is -2.25. The van der Waals surface area contributed by atoms with Gasteiger partial charge in [0.1, 0.15) is 5.82 Å². The first kappa shape index (κ1) is 21.9. The molecule has 0 saturated heterocycles. The van der Waals surface area contributed by atoms with E-state index in [0.717, 1.165) is 59.1 Å². The fourth-order valence-electron chi connectivity index (χ4n) is 5.22.